The Morgan fingerprint density at radius 3 is 2.53 bits per heavy atom. The van der Waals surface area contributed by atoms with Gasteiger partial charge in [-0.1, -0.05) is 13.0 Å². The number of hydrogen-bond donors (Lipinski definition) is 1. The van der Waals surface area contributed by atoms with Crippen LogP contribution in [-0.2, 0) is 6.42 Å². The van der Waals surface area contributed by atoms with Crippen LogP contribution in [0, 0.1) is 7.14 Å². The fraction of sp³-hybridized carbons (Fsp3) is 0.133. The largest absolute Gasteiger partial charge is 0.322 e. The minimum absolute atomic E-state index is 0.0607. The van der Waals surface area contributed by atoms with Gasteiger partial charge in [0.05, 0.1) is 0 Å². The zero-order valence-electron chi connectivity index (χ0n) is 10.4. The first-order chi connectivity index (χ1) is 9.10. The van der Waals surface area contributed by atoms with Gasteiger partial charge in [0.2, 0.25) is 0 Å². The van der Waals surface area contributed by atoms with Crippen LogP contribution in [0.2, 0.25) is 0 Å². The van der Waals surface area contributed by atoms with Gasteiger partial charge in [0.15, 0.2) is 0 Å². The second-order valence-electron chi connectivity index (χ2n) is 4.12. The quantitative estimate of drug-likeness (QED) is 0.638. The van der Waals surface area contributed by atoms with Crippen molar-refractivity contribution in [2.45, 2.75) is 13.3 Å². The summed E-state index contributed by atoms with van der Waals surface area (Å²) >= 11 is 4.49. The Kier molecular flexibility index (Phi) is 5.20. The predicted octanol–water partition coefficient (Wildman–Crippen LogP) is 4.71. The third-order valence-corrected chi connectivity index (χ3v) is 4.13. The normalized spacial score (nSPS) is 10.3. The summed E-state index contributed by atoms with van der Waals surface area (Å²) in [4.78, 5) is 12.2. The van der Waals surface area contributed by atoms with Gasteiger partial charge in [0.1, 0.15) is 0 Å². The van der Waals surface area contributed by atoms with Gasteiger partial charge < -0.3 is 5.32 Å². The Hall–Kier alpha value is -0.630. The molecule has 0 fully saturated rings. The highest BCUT2D eigenvalue weighted by Gasteiger charge is 2.09. The van der Waals surface area contributed by atoms with Crippen LogP contribution in [-0.4, -0.2) is 5.91 Å². The van der Waals surface area contributed by atoms with Crippen LogP contribution in [0.3, 0.4) is 0 Å². The van der Waals surface area contributed by atoms with Gasteiger partial charge in [-0.15, -0.1) is 0 Å². The van der Waals surface area contributed by atoms with Crippen molar-refractivity contribution in [3.8, 4) is 0 Å². The molecule has 1 N–H and O–H groups in total. The Morgan fingerprint density at radius 1 is 1.11 bits per heavy atom. The Bertz CT molecular complexity index is 611. The number of amides is 1. The molecule has 1 amide bonds. The van der Waals surface area contributed by atoms with E-state index in [9.17, 15) is 4.79 Å². The fourth-order valence-corrected chi connectivity index (χ4v) is 2.90. The maximum Gasteiger partial charge on any atom is 0.255 e. The third kappa shape index (κ3) is 3.92. The maximum atomic E-state index is 12.2. The number of carbonyl (C=O) groups is 1. The van der Waals surface area contributed by atoms with E-state index < -0.39 is 0 Å². The van der Waals surface area contributed by atoms with Crippen LogP contribution in [0.5, 0.6) is 0 Å². The van der Waals surface area contributed by atoms with E-state index in [-0.39, 0.29) is 5.91 Å². The molecule has 0 aliphatic rings. The van der Waals surface area contributed by atoms with E-state index in [1.807, 2.05) is 36.4 Å². The molecule has 0 aliphatic heterocycles. The summed E-state index contributed by atoms with van der Waals surface area (Å²) in [6.45, 7) is 2.09. The minimum Gasteiger partial charge on any atom is -0.322 e. The maximum absolute atomic E-state index is 12.2. The molecule has 0 radical (unpaired) electrons. The Balaban J connectivity index is 2.24. The summed E-state index contributed by atoms with van der Waals surface area (Å²) in [7, 11) is 0. The number of nitrogens with one attached hydrogen (secondary N) is 1. The van der Waals surface area contributed by atoms with Crippen LogP contribution in [0.15, 0.2) is 42.5 Å². The molecule has 0 aromatic heterocycles. The van der Waals surface area contributed by atoms with E-state index in [0.29, 0.717) is 5.56 Å². The van der Waals surface area contributed by atoms with Crippen LogP contribution in [0.4, 0.5) is 5.69 Å². The van der Waals surface area contributed by atoms with E-state index in [1.165, 1.54) is 3.57 Å². The lowest BCUT2D eigenvalue weighted by atomic mass is 10.1. The van der Waals surface area contributed by atoms with Crippen LogP contribution >= 0.6 is 45.2 Å². The van der Waals surface area contributed by atoms with Crippen molar-refractivity contribution >= 4 is 56.8 Å². The van der Waals surface area contributed by atoms with Gasteiger partial charge in [-0.25, -0.2) is 0 Å². The minimum atomic E-state index is -0.0607. The lowest BCUT2D eigenvalue weighted by Gasteiger charge is -2.10. The Morgan fingerprint density at radius 2 is 1.84 bits per heavy atom. The molecule has 0 heterocycles. The highest BCUT2D eigenvalue weighted by atomic mass is 127. The molecule has 0 saturated carbocycles. The standard InChI is InChI=1S/C15H13I2NO/c1-2-10-8-13(17)6-7-14(10)18-15(19)11-4-3-5-12(16)9-11/h3-9H,2H2,1H3,(H,18,19). The molecule has 98 valence electrons. The number of anilines is 1. The summed E-state index contributed by atoms with van der Waals surface area (Å²) in [5, 5.41) is 2.99. The number of aryl methyl sites for hydroxylation is 1. The van der Waals surface area contributed by atoms with E-state index >= 15 is 0 Å². The monoisotopic (exact) mass is 477 g/mol. The number of rotatable bonds is 3. The molecule has 2 aromatic carbocycles. The van der Waals surface area contributed by atoms with Crippen molar-refractivity contribution in [1.29, 1.82) is 0 Å². The van der Waals surface area contributed by atoms with E-state index in [2.05, 4.69) is 63.5 Å². The molecule has 0 aliphatic carbocycles. The summed E-state index contributed by atoms with van der Waals surface area (Å²) in [5.41, 5.74) is 2.74. The molecule has 0 unspecified atom stereocenters. The first-order valence-electron chi connectivity index (χ1n) is 5.95. The van der Waals surface area contributed by atoms with Gasteiger partial charge in [-0.2, -0.15) is 0 Å². The number of carbonyl (C=O) groups excluding carboxylic acids is 1. The van der Waals surface area contributed by atoms with Crippen molar-refractivity contribution in [2.24, 2.45) is 0 Å². The topological polar surface area (TPSA) is 29.1 Å². The predicted molar refractivity (Wildman–Crippen MR) is 95.6 cm³/mol. The molecule has 0 atom stereocenters. The number of halogens is 2. The van der Waals surface area contributed by atoms with E-state index in [4.69, 9.17) is 0 Å². The summed E-state index contributed by atoms with van der Waals surface area (Å²) in [6, 6.07) is 13.6. The van der Waals surface area contributed by atoms with Gasteiger partial charge in [0, 0.05) is 18.4 Å². The summed E-state index contributed by atoms with van der Waals surface area (Å²) < 4.78 is 2.24. The van der Waals surface area contributed by atoms with Gasteiger partial charge in [-0.3, -0.25) is 4.79 Å². The van der Waals surface area contributed by atoms with Crippen molar-refractivity contribution in [3.05, 3.63) is 60.7 Å². The summed E-state index contributed by atoms with van der Waals surface area (Å²) in [5.74, 6) is -0.0607. The highest BCUT2D eigenvalue weighted by Crippen LogP contribution is 2.20. The molecule has 2 aromatic rings. The van der Waals surface area contributed by atoms with Crippen LogP contribution in [0.1, 0.15) is 22.8 Å². The molecule has 19 heavy (non-hydrogen) atoms. The molecule has 4 heteroatoms. The van der Waals surface area contributed by atoms with Crippen LogP contribution < -0.4 is 5.32 Å². The molecule has 0 bridgehead atoms. The first kappa shape index (κ1) is 14.8. The number of hydrogen-bond acceptors (Lipinski definition) is 1. The smallest absolute Gasteiger partial charge is 0.255 e. The second-order valence-corrected chi connectivity index (χ2v) is 6.61. The molecular weight excluding hydrogens is 464 g/mol. The second kappa shape index (κ2) is 6.69. The zero-order chi connectivity index (χ0) is 13.8. The average molecular weight is 477 g/mol. The molecular formula is C15H13I2NO. The summed E-state index contributed by atoms with van der Waals surface area (Å²) in [6.07, 6.45) is 0.902. The van der Waals surface area contributed by atoms with E-state index in [1.54, 1.807) is 0 Å². The Labute approximate surface area is 140 Å². The third-order valence-electron chi connectivity index (χ3n) is 2.78. The van der Waals surface area contributed by atoms with Crippen molar-refractivity contribution in [2.75, 3.05) is 5.32 Å². The van der Waals surface area contributed by atoms with Crippen molar-refractivity contribution in [3.63, 3.8) is 0 Å². The van der Waals surface area contributed by atoms with Gasteiger partial charge >= 0.3 is 0 Å². The zero-order valence-corrected chi connectivity index (χ0v) is 14.7. The lowest BCUT2D eigenvalue weighted by Crippen LogP contribution is -2.13. The molecule has 0 spiro atoms. The molecule has 2 rings (SSSR count). The average Bonchev–Trinajstić information content (AvgIpc) is 2.40. The van der Waals surface area contributed by atoms with Gasteiger partial charge in [0.25, 0.3) is 5.91 Å². The number of benzene rings is 2. The lowest BCUT2D eigenvalue weighted by molar-refractivity contribution is 0.102. The van der Waals surface area contributed by atoms with Crippen molar-refractivity contribution < 1.29 is 4.79 Å². The van der Waals surface area contributed by atoms with Gasteiger partial charge in [-0.05, 0) is 93.6 Å². The van der Waals surface area contributed by atoms with E-state index in [0.717, 1.165) is 21.2 Å². The van der Waals surface area contributed by atoms with Crippen molar-refractivity contribution in [1.82, 2.24) is 0 Å². The van der Waals surface area contributed by atoms with Crippen LogP contribution in [0.25, 0.3) is 0 Å². The molecule has 2 nitrogen and oxygen atoms in total. The molecule has 0 saturated heterocycles. The highest BCUT2D eigenvalue weighted by molar-refractivity contribution is 14.1. The SMILES string of the molecule is CCc1cc(I)ccc1NC(=O)c1cccc(I)c1. The first-order valence-corrected chi connectivity index (χ1v) is 8.11. The fourth-order valence-electron chi connectivity index (χ4n) is 1.80.